The summed E-state index contributed by atoms with van der Waals surface area (Å²) in [5.41, 5.74) is 0. The first-order chi connectivity index (χ1) is 12.1. The fourth-order valence-corrected chi connectivity index (χ4v) is 2.64. The van der Waals surface area contributed by atoms with E-state index in [9.17, 15) is 9.59 Å². The fraction of sp³-hybridized carbons (Fsp3) is 0.900. The molecule has 150 valence electrons. The average molecular weight is 358 g/mol. The van der Waals surface area contributed by atoms with Gasteiger partial charge < -0.3 is 10.2 Å². The van der Waals surface area contributed by atoms with Crippen molar-refractivity contribution in [3.05, 3.63) is 0 Å². The van der Waals surface area contributed by atoms with Crippen LogP contribution in [0, 0.1) is 0 Å². The number of rotatable bonds is 9. The Morgan fingerprint density at radius 2 is 1.44 bits per heavy atom. The first-order valence-corrected chi connectivity index (χ1v) is 10.4. The quantitative estimate of drug-likeness (QED) is 0.641. The molecule has 0 aliphatic carbocycles. The highest BCUT2D eigenvalue weighted by Crippen LogP contribution is 2.06. The van der Waals surface area contributed by atoms with Crippen molar-refractivity contribution in [2.45, 2.75) is 80.1 Å². The molecule has 1 aliphatic heterocycles. The lowest BCUT2D eigenvalue weighted by Gasteiger charge is -2.34. The average Bonchev–Trinajstić information content (AvgIpc) is 2.65. The molecule has 0 atom stereocenters. The number of piperazine rings is 1. The van der Waals surface area contributed by atoms with Gasteiger partial charge in [0.15, 0.2) is 0 Å². The van der Waals surface area contributed by atoms with Gasteiger partial charge in [0.2, 0.25) is 11.8 Å². The number of hydrogen-bond acceptors (Lipinski definition) is 3. The Morgan fingerprint density at radius 3 is 1.96 bits per heavy atom. The van der Waals surface area contributed by atoms with Crippen molar-refractivity contribution in [3.8, 4) is 0 Å². The molecule has 0 unspecified atom stereocenters. The SMILES string of the molecule is CC.CC.CCCC(=O)NCCCCCCN1CCN(C(C)=O)CC1. The molecule has 1 saturated heterocycles. The number of hydrogen-bond donors (Lipinski definition) is 1. The Hall–Kier alpha value is -1.10. The van der Waals surface area contributed by atoms with Crippen LogP contribution in [-0.4, -0.2) is 60.9 Å². The highest BCUT2D eigenvalue weighted by atomic mass is 16.2. The molecule has 25 heavy (non-hydrogen) atoms. The van der Waals surface area contributed by atoms with Crippen molar-refractivity contribution in [1.29, 1.82) is 0 Å². The summed E-state index contributed by atoms with van der Waals surface area (Å²) in [5, 5.41) is 2.95. The van der Waals surface area contributed by atoms with Crippen LogP contribution in [0.1, 0.15) is 80.1 Å². The highest BCUT2D eigenvalue weighted by molar-refractivity contribution is 5.75. The van der Waals surface area contributed by atoms with Crippen LogP contribution in [-0.2, 0) is 9.59 Å². The van der Waals surface area contributed by atoms with Gasteiger partial charge in [-0.25, -0.2) is 0 Å². The van der Waals surface area contributed by atoms with Crippen LogP contribution in [0.2, 0.25) is 0 Å². The number of carbonyl (C=O) groups excluding carboxylic acids is 2. The Bertz CT molecular complexity index is 314. The zero-order valence-corrected chi connectivity index (χ0v) is 17.7. The molecule has 0 saturated carbocycles. The Labute approximate surface area is 156 Å². The molecule has 1 heterocycles. The van der Waals surface area contributed by atoms with E-state index in [1.807, 2.05) is 39.5 Å². The van der Waals surface area contributed by atoms with Gasteiger partial charge in [-0.2, -0.15) is 0 Å². The van der Waals surface area contributed by atoms with E-state index in [2.05, 4.69) is 10.2 Å². The van der Waals surface area contributed by atoms with Gasteiger partial charge in [-0.3, -0.25) is 14.5 Å². The smallest absolute Gasteiger partial charge is 0.219 e. The summed E-state index contributed by atoms with van der Waals surface area (Å²) in [6.07, 6.45) is 6.25. The topological polar surface area (TPSA) is 52.7 Å². The zero-order chi connectivity index (χ0) is 19.5. The molecule has 0 aromatic rings. The molecule has 0 radical (unpaired) electrons. The maximum absolute atomic E-state index is 11.3. The fourth-order valence-electron chi connectivity index (χ4n) is 2.64. The predicted molar refractivity (Wildman–Crippen MR) is 108 cm³/mol. The van der Waals surface area contributed by atoms with Crippen molar-refractivity contribution in [1.82, 2.24) is 15.1 Å². The second-order valence-electron chi connectivity index (χ2n) is 5.86. The predicted octanol–water partition coefficient (Wildman–Crippen LogP) is 3.68. The molecule has 0 aromatic carbocycles. The molecule has 5 heteroatoms. The first-order valence-electron chi connectivity index (χ1n) is 10.4. The van der Waals surface area contributed by atoms with Crippen LogP contribution in [0.3, 0.4) is 0 Å². The van der Waals surface area contributed by atoms with E-state index in [0.29, 0.717) is 6.42 Å². The summed E-state index contributed by atoms with van der Waals surface area (Å²) in [6.45, 7) is 17.4. The van der Waals surface area contributed by atoms with Crippen LogP contribution in [0.15, 0.2) is 0 Å². The Kier molecular flexibility index (Phi) is 20.1. The molecule has 1 rings (SSSR count). The molecule has 2 amide bonds. The molecular weight excluding hydrogens is 314 g/mol. The summed E-state index contributed by atoms with van der Waals surface area (Å²) in [5.74, 6) is 0.376. The molecular formula is C20H43N3O2. The standard InChI is InChI=1S/C16H31N3O2.2C2H6/c1-3-8-16(21)17-9-6-4-5-7-10-18-11-13-19(14-12-18)15(2)20;2*1-2/h3-14H2,1-2H3,(H,17,21);2*1-2H3. The molecule has 1 N–H and O–H groups in total. The number of carbonyl (C=O) groups is 2. The van der Waals surface area contributed by atoms with Crippen LogP contribution in [0.25, 0.3) is 0 Å². The van der Waals surface area contributed by atoms with Gasteiger partial charge in [-0.15, -0.1) is 0 Å². The van der Waals surface area contributed by atoms with Crippen molar-refractivity contribution in [3.63, 3.8) is 0 Å². The van der Waals surface area contributed by atoms with E-state index >= 15 is 0 Å². The summed E-state index contributed by atoms with van der Waals surface area (Å²) >= 11 is 0. The van der Waals surface area contributed by atoms with Gasteiger partial charge >= 0.3 is 0 Å². The second kappa shape index (κ2) is 19.2. The van der Waals surface area contributed by atoms with Crippen LogP contribution >= 0.6 is 0 Å². The van der Waals surface area contributed by atoms with Crippen molar-refractivity contribution < 1.29 is 9.59 Å². The van der Waals surface area contributed by atoms with E-state index in [-0.39, 0.29) is 11.8 Å². The first kappa shape index (κ1) is 26.1. The lowest BCUT2D eigenvalue weighted by atomic mass is 10.1. The van der Waals surface area contributed by atoms with Crippen molar-refractivity contribution in [2.75, 3.05) is 39.3 Å². The van der Waals surface area contributed by atoms with E-state index in [4.69, 9.17) is 0 Å². The largest absolute Gasteiger partial charge is 0.356 e. The van der Waals surface area contributed by atoms with Crippen molar-refractivity contribution >= 4 is 11.8 Å². The Balaban J connectivity index is 0. The van der Waals surface area contributed by atoms with Crippen molar-refractivity contribution in [2.24, 2.45) is 0 Å². The van der Waals surface area contributed by atoms with E-state index in [0.717, 1.165) is 52.1 Å². The normalized spacial score (nSPS) is 13.9. The number of nitrogens with zero attached hydrogens (tertiary/aromatic N) is 2. The van der Waals surface area contributed by atoms with Gasteiger partial charge in [0.1, 0.15) is 0 Å². The lowest BCUT2D eigenvalue weighted by molar-refractivity contribution is -0.130. The van der Waals surface area contributed by atoms with Gasteiger partial charge in [-0.05, 0) is 25.8 Å². The van der Waals surface area contributed by atoms with Gasteiger partial charge in [-0.1, -0.05) is 47.5 Å². The monoisotopic (exact) mass is 357 g/mol. The minimum atomic E-state index is 0.181. The molecule has 0 bridgehead atoms. The molecule has 1 fully saturated rings. The lowest BCUT2D eigenvalue weighted by Crippen LogP contribution is -2.48. The van der Waals surface area contributed by atoms with Crippen LogP contribution in [0.4, 0.5) is 0 Å². The third-order valence-electron chi connectivity index (χ3n) is 4.02. The third-order valence-corrected chi connectivity index (χ3v) is 4.02. The van der Waals surface area contributed by atoms with E-state index in [1.165, 1.54) is 19.3 Å². The maximum atomic E-state index is 11.3. The summed E-state index contributed by atoms with van der Waals surface area (Å²) in [6, 6.07) is 0. The third kappa shape index (κ3) is 14.9. The maximum Gasteiger partial charge on any atom is 0.219 e. The van der Waals surface area contributed by atoms with E-state index in [1.54, 1.807) is 6.92 Å². The zero-order valence-electron chi connectivity index (χ0n) is 17.7. The molecule has 0 aromatic heterocycles. The summed E-state index contributed by atoms with van der Waals surface area (Å²) in [4.78, 5) is 26.9. The summed E-state index contributed by atoms with van der Waals surface area (Å²) < 4.78 is 0. The van der Waals surface area contributed by atoms with Gasteiger partial charge in [0.25, 0.3) is 0 Å². The van der Waals surface area contributed by atoms with Gasteiger partial charge in [0, 0.05) is 46.1 Å². The second-order valence-corrected chi connectivity index (χ2v) is 5.86. The highest BCUT2D eigenvalue weighted by Gasteiger charge is 2.17. The molecule has 5 nitrogen and oxygen atoms in total. The minimum absolute atomic E-state index is 0.181. The summed E-state index contributed by atoms with van der Waals surface area (Å²) in [7, 11) is 0. The van der Waals surface area contributed by atoms with Crippen LogP contribution < -0.4 is 5.32 Å². The number of nitrogens with one attached hydrogen (secondary N) is 1. The minimum Gasteiger partial charge on any atom is -0.356 e. The van der Waals surface area contributed by atoms with E-state index < -0.39 is 0 Å². The molecule has 1 aliphatic rings. The van der Waals surface area contributed by atoms with Crippen LogP contribution in [0.5, 0.6) is 0 Å². The van der Waals surface area contributed by atoms with Gasteiger partial charge in [0.05, 0.1) is 0 Å². The number of amides is 2. The molecule has 0 spiro atoms. The number of unbranched alkanes of at least 4 members (excludes halogenated alkanes) is 3. The Morgan fingerprint density at radius 1 is 0.880 bits per heavy atom.